The molecule has 2 heterocycles. The molecule has 0 bridgehead atoms. The maximum Gasteiger partial charge on any atom is 0.266 e. The van der Waals surface area contributed by atoms with Crippen LogP contribution in [0.3, 0.4) is 0 Å². The van der Waals surface area contributed by atoms with Gasteiger partial charge in [0.25, 0.3) is 5.56 Å². The number of hydrogen-bond acceptors (Lipinski definition) is 4. The summed E-state index contributed by atoms with van der Waals surface area (Å²) in [7, 11) is 0. The summed E-state index contributed by atoms with van der Waals surface area (Å²) in [6, 6.07) is 3.97. The Morgan fingerprint density at radius 2 is 2.17 bits per heavy atom. The summed E-state index contributed by atoms with van der Waals surface area (Å²) in [6.07, 6.45) is 1.67. The number of nitriles is 1. The van der Waals surface area contributed by atoms with Crippen LogP contribution in [0.4, 0.5) is 0 Å². The number of aromatic amines is 1. The minimum Gasteiger partial charge on any atom is -0.356 e. The molecule has 1 amide bonds. The minimum atomic E-state index is -0.369. The zero-order valence-electron chi connectivity index (χ0n) is 13.2. The lowest BCUT2D eigenvalue weighted by Crippen LogP contribution is -2.26. The van der Waals surface area contributed by atoms with Gasteiger partial charge < -0.3 is 10.3 Å². The molecule has 6 heteroatoms. The van der Waals surface area contributed by atoms with Crippen LogP contribution >= 0.6 is 11.3 Å². The highest BCUT2D eigenvalue weighted by Crippen LogP contribution is 2.14. The standard InChI is InChI=1S/C17H19N3O2S/c1-11-14(12(2)20-17(22)15(11)9-18)3-4-16(21)19-7-5-13-6-8-23-10-13/h6,8,10H,3-5,7H2,1-2H3,(H,19,21)(H,20,22). The molecule has 0 saturated carbocycles. The molecule has 2 rings (SSSR count). The number of nitrogens with zero attached hydrogens (tertiary/aromatic N) is 1. The van der Waals surface area contributed by atoms with E-state index in [0.29, 0.717) is 24.9 Å². The second kappa shape index (κ2) is 7.75. The first kappa shape index (κ1) is 17.0. The molecule has 0 aromatic carbocycles. The van der Waals surface area contributed by atoms with Gasteiger partial charge in [-0.05, 0) is 60.2 Å². The zero-order valence-corrected chi connectivity index (χ0v) is 14.0. The van der Waals surface area contributed by atoms with Crippen LogP contribution in [0.2, 0.25) is 0 Å². The molecule has 0 aliphatic heterocycles. The minimum absolute atomic E-state index is 0.0243. The number of aryl methyl sites for hydroxylation is 1. The van der Waals surface area contributed by atoms with Gasteiger partial charge in [-0.3, -0.25) is 9.59 Å². The highest BCUT2D eigenvalue weighted by Gasteiger charge is 2.13. The summed E-state index contributed by atoms with van der Waals surface area (Å²) in [6.45, 7) is 4.16. The van der Waals surface area contributed by atoms with E-state index in [2.05, 4.69) is 15.7 Å². The van der Waals surface area contributed by atoms with Crippen LogP contribution in [0.25, 0.3) is 0 Å². The molecule has 0 aliphatic carbocycles. The number of H-pyrrole nitrogens is 1. The first-order chi connectivity index (χ1) is 11.0. The van der Waals surface area contributed by atoms with Gasteiger partial charge in [-0.25, -0.2) is 0 Å². The van der Waals surface area contributed by atoms with Crippen molar-refractivity contribution in [2.75, 3.05) is 6.54 Å². The zero-order chi connectivity index (χ0) is 16.8. The lowest BCUT2D eigenvalue weighted by molar-refractivity contribution is -0.121. The summed E-state index contributed by atoms with van der Waals surface area (Å²) in [4.78, 5) is 26.3. The number of pyridine rings is 1. The molecule has 2 aromatic heterocycles. The molecule has 23 heavy (non-hydrogen) atoms. The average Bonchev–Trinajstić information content (AvgIpc) is 3.00. The van der Waals surface area contributed by atoms with Gasteiger partial charge in [-0.2, -0.15) is 16.6 Å². The van der Waals surface area contributed by atoms with Crippen molar-refractivity contribution in [3.8, 4) is 6.07 Å². The van der Waals surface area contributed by atoms with Crippen LogP contribution in [-0.2, 0) is 17.6 Å². The van der Waals surface area contributed by atoms with Gasteiger partial charge in [0.1, 0.15) is 11.6 Å². The van der Waals surface area contributed by atoms with Crippen LogP contribution in [0, 0.1) is 25.2 Å². The fourth-order valence-corrected chi connectivity index (χ4v) is 3.23. The van der Waals surface area contributed by atoms with Gasteiger partial charge in [-0.1, -0.05) is 0 Å². The van der Waals surface area contributed by atoms with Crippen LogP contribution in [0.15, 0.2) is 21.6 Å². The molecular formula is C17H19N3O2S. The Bertz CT molecular complexity index is 785. The Kier molecular flexibility index (Phi) is 5.72. The van der Waals surface area contributed by atoms with Gasteiger partial charge in [0.05, 0.1) is 0 Å². The monoisotopic (exact) mass is 329 g/mol. The second-order valence-electron chi connectivity index (χ2n) is 5.40. The van der Waals surface area contributed by atoms with E-state index in [1.54, 1.807) is 25.2 Å². The number of amides is 1. The average molecular weight is 329 g/mol. The number of hydrogen-bond donors (Lipinski definition) is 2. The Labute approximate surface area is 139 Å². The first-order valence-corrected chi connectivity index (χ1v) is 8.37. The van der Waals surface area contributed by atoms with Crippen LogP contribution in [-0.4, -0.2) is 17.4 Å². The number of carbonyl (C=O) groups excluding carboxylic acids is 1. The third kappa shape index (κ3) is 4.30. The van der Waals surface area contributed by atoms with E-state index in [0.717, 1.165) is 17.7 Å². The van der Waals surface area contributed by atoms with Crippen LogP contribution in [0.1, 0.15) is 34.4 Å². The molecular weight excluding hydrogens is 310 g/mol. The largest absolute Gasteiger partial charge is 0.356 e. The van der Waals surface area contributed by atoms with Crippen molar-refractivity contribution in [1.82, 2.24) is 10.3 Å². The molecule has 0 atom stereocenters. The van der Waals surface area contributed by atoms with Gasteiger partial charge >= 0.3 is 0 Å². The Hall–Kier alpha value is -2.39. The van der Waals surface area contributed by atoms with E-state index in [9.17, 15) is 9.59 Å². The second-order valence-corrected chi connectivity index (χ2v) is 6.18. The Morgan fingerprint density at radius 3 is 2.83 bits per heavy atom. The van der Waals surface area contributed by atoms with Gasteiger partial charge in [0, 0.05) is 18.7 Å². The van der Waals surface area contributed by atoms with Gasteiger partial charge in [0.15, 0.2) is 0 Å². The van der Waals surface area contributed by atoms with Crippen molar-refractivity contribution >= 4 is 17.2 Å². The topological polar surface area (TPSA) is 85.8 Å². The SMILES string of the molecule is Cc1[nH]c(=O)c(C#N)c(C)c1CCC(=O)NCCc1ccsc1. The van der Waals surface area contributed by atoms with E-state index in [4.69, 9.17) is 5.26 Å². The number of carbonyl (C=O) groups is 1. The van der Waals surface area contributed by atoms with Gasteiger partial charge in [-0.15, -0.1) is 0 Å². The molecule has 0 unspecified atom stereocenters. The summed E-state index contributed by atoms with van der Waals surface area (Å²) in [5, 5.41) is 16.0. The first-order valence-electron chi connectivity index (χ1n) is 7.43. The van der Waals surface area contributed by atoms with Gasteiger partial charge in [0.2, 0.25) is 5.91 Å². The summed E-state index contributed by atoms with van der Waals surface area (Å²) < 4.78 is 0. The van der Waals surface area contributed by atoms with Crippen molar-refractivity contribution < 1.29 is 4.79 Å². The molecule has 2 N–H and O–H groups in total. The molecule has 0 aliphatic rings. The summed E-state index contributed by atoms with van der Waals surface area (Å²) in [5.41, 5.74) is 3.24. The molecule has 0 saturated heterocycles. The Morgan fingerprint density at radius 1 is 1.39 bits per heavy atom. The maximum absolute atomic E-state index is 11.9. The predicted octanol–water partition coefficient (Wildman–Crippen LogP) is 2.22. The van der Waals surface area contributed by atoms with E-state index in [1.165, 1.54) is 5.56 Å². The highest BCUT2D eigenvalue weighted by molar-refractivity contribution is 7.07. The fraction of sp³-hybridized carbons (Fsp3) is 0.353. The molecule has 120 valence electrons. The molecule has 0 fully saturated rings. The van der Waals surface area contributed by atoms with Crippen molar-refractivity contribution in [1.29, 1.82) is 5.26 Å². The molecule has 5 nitrogen and oxygen atoms in total. The van der Waals surface area contributed by atoms with E-state index < -0.39 is 0 Å². The van der Waals surface area contributed by atoms with Crippen molar-refractivity contribution in [2.45, 2.75) is 33.1 Å². The quantitative estimate of drug-likeness (QED) is 0.852. The molecule has 0 spiro atoms. The molecule has 2 aromatic rings. The van der Waals surface area contributed by atoms with E-state index >= 15 is 0 Å². The highest BCUT2D eigenvalue weighted by atomic mass is 32.1. The fourth-order valence-electron chi connectivity index (χ4n) is 2.53. The Balaban J connectivity index is 1.92. The van der Waals surface area contributed by atoms with Crippen molar-refractivity contribution in [2.24, 2.45) is 0 Å². The lowest BCUT2D eigenvalue weighted by atomic mass is 9.99. The van der Waals surface area contributed by atoms with Crippen molar-refractivity contribution in [3.63, 3.8) is 0 Å². The van der Waals surface area contributed by atoms with Crippen molar-refractivity contribution in [3.05, 3.63) is 55.1 Å². The summed E-state index contributed by atoms with van der Waals surface area (Å²) >= 11 is 1.65. The smallest absolute Gasteiger partial charge is 0.266 e. The van der Waals surface area contributed by atoms with Crippen LogP contribution < -0.4 is 10.9 Å². The van der Waals surface area contributed by atoms with E-state index in [1.807, 2.05) is 17.5 Å². The third-order valence-electron chi connectivity index (χ3n) is 3.84. The van der Waals surface area contributed by atoms with E-state index in [-0.39, 0.29) is 17.0 Å². The predicted molar refractivity (Wildman–Crippen MR) is 90.6 cm³/mol. The number of thiophene rings is 1. The third-order valence-corrected chi connectivity index (χ3v) is 4.57. The summed E-state index contributed by atoms with van der Waals surface area (Å²) in [5.74, 6) is -0.0243. The lowest BCUT2D eigenvalue weighted by Gasteiger charge is -2.11. The molecule has 0 radical (unpaired) electrons. The van der Waals surface area contributed by atoms with Crippen LogP contribution in [0.5, 0.6) is 0 Å². The number of aromatic nitrogens is 1. The maximum atomic E-state index is 11.9. The number of nitrogens with one attached hydrogen (secondary N) is 2. The number of rotatable bonds is 6. The normalized spacial score (nSPS) is 10.3.